The topological polar surface area (TPSA) is 80.5 Å². The summed E-state index contributed by atoms with van der Waals surface area (Å²) < 4.78 is 10.7. The Hall–Kier alpha value is -2.93. The predicted octanol–water partition coefficient (Wildman–Crippen LogP) is 3.42. The third-order valence-electron chi connectivity index (χ3n) is 5.39. The summed E-state index contributed by atoms with van der Waals surface area (Å²) in [6.45, 7) is 9.14. The molecule has 1 aromatic carbocycles. The second kappa shape index (κ2) is 8.21. The maximum absolute atomic E-state index is 13.0. The molecule has 1 fully saturated rings. The molecule has 4 rings (SSSR count). The van der Waals surface area contributed by atoms with Crippen molar-refractivity contribution in [1.29, 1.82) is 0 Å². The largest absolute Gasteiger partial charge is 0.378 e. The molecule has 3 aromatic rings. The molecular formula is C22H26N4O3. The van der Waals surface area contributed by atoms with Gasteiger partial charge in [0.25, 0.3) is 11.6 Å². The number of anilines is 1. The molecule has 0 aliphatic carbocycles. The number of ether oxygens (including phenoxy) is 1. The van der Waals surface area contributed by atoms with Crippen LogP contribution >= 0.6 is 0 Å². The van der Waals surface area contributed by atoms with Crippen LogP contribution in [0, 0.1) is 6.92 Å². The molecule has 1 unspecified atom stereocenters. The van der Waals surface area contributed by atoms with Crippen molar-refractivity contribution in [2.45, 2.75) is 33.2 Å². The Morgan fingerprint density at radius 3 is 2.66 bits per heavy atom. The molecule has 1 aliphatic heterocycles. The molecule has 1 N–H and O–H groups in total. The SMILES string of the molecule is CCc1cc(C(=O)NC(C)c2ccc(N3CCOCC3)cc2)c2c(C)noc2n1. The van der Waals surface area contributed by atoms with Gasteiger partial charge in [0.05, 0.1) is 35.9 Å². The van der Waals surface area contributed by atoms with E-state index in [1.54, 1.807) is 0 Å². The highest BCUT2D eigenvalue weighted by Crippen LogP contribution is 2.24. The van der Waals surface area contributed by atoms with Gasteiger partial charge in [0, 0.05) is 24.5 Å². The van der Waals surface area contributed by atoms with Crippen LogP contribution in [-0.2, 0) is 11.2 Å². The molecule has 0 spiro atoms. The van der Waals surface area contributed by atoms with Gasteiger partial charge >= 0.3 is 0 Å². The molecule has 1 aliphatic rings. The first kappa shape index (κ1) is 19.4. The van der Waals surface area contributed by atoms with Crippen LogP contribution in [0.2, 0.25) is 0 Å². The van der Waals surface area contributed by atoms with Crippen LogP contribution in [0.4, 0.5) is 5.69 Å². The van der Waals surface area contributed by atoms with E-state index in [1.165, 1.54) is 5.69 Å². The Balaban J connectivity index is 1.52. The highest BCUT2D eigenvalue weighted by atomic mass is 16.5. The van der Waals surface area contributed by atoms with Gasteiger partial charge in [-0.1, -0.05) is 24.2 Å². The van der Waals surface area contributed by atoms with E-state index in [2.05, 4.69) is 44.6 Å². The normalized spacial score (nSPS) is 15.5. The van der Waals surface area contributed by atoms with E-state index >= 15 is 0 Å². The van der Waals surface area contributed by atoms with E-state index in [9.17, 15) is 4.79 Å². The predicted molar refractivity (Wildman–Crippen MR) is 111 cm³/mol. The van der Waals surface area contributed by atoms with E-state index < -0.39 is 0 Å². The zero-order chi connectivity index (χ0) is 20.4. The van der Waals surface area contributed by atoms with Gasteiger partial charge in [-0.15, -0.1) is 0 Å². The summed E-state index contributed by atoms with van der Waals surface area (Å²) in [4.78, 5) is 19.8. The zero-order valence-electron chi connectivity index (χ0n) is 17.1. The van der Waals surface area contributed by atoms with E-state index in [4.69, 9.17) is 9.26 Å². The second-order valence-electron chi connectivity index (χ2n) is 7.35. The number of pyridine rings is 1. The molecule has 7 heteroatoms. The summed E-state index contributed by atoms with van der Waals surface area (Å²) in [5.41, 5.74) is 4.68. The number of hydrogen-bond acceptors (Lipinski definition) is 6. The first-order valence-electron chi connectivity index (χ1n) is 10.1. The Morgan fingerprint density at radius 2 is 1.97 bits per heavy atom. The van der Waals surface area contributed by atoms with Crippen LogP contribution in [-0.4, -0.2) is 42.4 Å². The average molecular weight is 394 g/mol. The van der Waals surface area contributed by atoms with Gasteiger partial charge in [-0.25, -0.2) is 4.98 Å². The lowest BCUT2D eigenvalue weighted by Gasteiger charge is -2.29. The minimum Gasteiger partial charge on any atom is -0.378 e. The van der Waals surface area contributed by atoms with Crippen molar-refractivity contribution in [2.24, 2.45) is 0 Å². The second-order valence-corrected chi connectivity index (χ2v) is 7.35. The zero-order valence-corrected chi connectivity index (χ0v) is 17.1. The lowest BCUT2D eigenvalue weighted by molar-refractivity contribution is 0.0941. The average Bonchev–Trinajstić information content (AvgIpc) is 3.14. The van der Waals surface area contributed by atoms with Gasteiger partial charge in [0.1, 0.15) is 0 Å². The summed E-state index contributed by atoms with van der Waals surface area (Å²) in [7, 11) is 0. The quantitative estimate of drug-likeness (QED) is 0.714. The molecule has 7 nitrogen and oxygen atoms in total. The van der Waals surface area contributed by atoms with Gasteiger partial charge in [-0.3, -0.25) is 4.79 Å². The smallest absolute Gasteiger partial charge is 0.258 e. The molecule has 0 bridgehead atoms. The highest BCUT2D eigenvalue weighted by Gasteiger charge is 2.20. The Kier molecular flexibility index (Phi) is 5.49. The summed E-state index contributed by atoms with van der Waals surface area (Å²) in [5, 5.41) is 7.75. The fourth-order valence-electron chi connectivity index (χ4n) is 3.66. The molecule has 1 saturated heterocycles. The number of rotatable bonds is 5. The van der Waals surface area contributed by atoms with Crippen molar-refractivity contribution in [1.82, 2.24) is 15.5 Å². The fraction of sp³-hybridized carbons (Fsp3) is 0.409. The van der Waals surface area contributed by atoms with E-state index in [-0.39, 0.29) is 11.9 Å². The van der Waals surface area contributed by atoms with Crippen molar-refractivity contribution in [3.8, 4) is 0 Å². The number of nitrogens with one attached hydrogen (secondary N) is 1. The lowest BCUT2D eigenvalue weighted by Crippen LogP contribution is -2.36. The maximum Gasteiger partial charge on any atom is 0.258 e. The number of carbonyl (C=O) groups excluding carboxylic acids is 1. The number of nitrogens with zero attached hydrogens (tertiary/aromatic N) is 3. The number of fused-ring (bicyclic) bond motifs is 1. The maximum atomic E-state index is 13.0. The van der Waals surface area contributed by atoms with Crippen LogP contribution in [0.3, 0.4) is 0 Å². The van der Waals surface area contributed by atoms with Crippen molar-refractivity contribution in [2.75, 3.05) is 31.2 Å². The van der Waals surface area contributed by atoms with Crippen molar-refractivity contribution >= 4 is 22.7 Å². The third-order valence-corrected chi connectivity index (χ3v) is 5.39. The fourth-order valence-corrected chi connectivity index (χ4v) is 3.66. The van der Waals surface area contributed by atoms with Gasteiger partial charge in [-0.05, 0) is 44.0 Å². The molecule has 0 radical (unpaired) electrons. The number of amides is 1. The minimum absolute atomic E-state index is 0.130. The molecule has 3 heterocycles. The number of benzene rings is 1. The van der Waals surface area contributed by atoms with Crippen LogP contribution in [0.25, 0.3) is 11.1 Å². The minimum atomic E-state index is -0.150. The van der Waals surface area contributed by atoms with Crippen molar-refractivity contribution < 1.29 is 14.1 Å². The standard InChI is InChI=1S/C22H26N4O3/c1-4-17-13-19(20-15(3)25-29-22(20)24-17)21(27)23-14(2)16-5-7-18(8-6-16)26-9-11-28-12-10-26/h5-8,13-14H,4,9-12H2,1-3H3,(H,23,27). The van der Waals surface area contributed by atoms with Crippen molar-refractivity contribution in [3.05, 3.63) is 52.8 Å². The monoisotopic (exact) mass is 394 g/mol. The molecule has 0 saturated carbocycles. The first-order chi connectivity index (χ1) is 14.1. The van der Waals surface area contributed by atoms with Gasteiger partial charge < -0.3 is 19.5 Å². The van der Waals surface area contributed by atoms with Gasteiger partial charge in [-0.2, -0.15) is 0 Å². The number of morpholine rings is 1. The van der Waals surface area contributed by atoms with Crippen molar-refractivity contribution in [3.63, 3.8) is 0 Å². The molecule has 1 amide bonds. The Labute approximate surface area is 170 Å². The van der Waals surface area contributed by atoms with Crippen LogP contribution in [0.5, 0.6) is 0 Å². The molecule has 152 valence electrons. The summed E-state index contributed by atoms with van der Waals surface area (Å²) in [6.07, 6.45) is 0.717. The van der Waals surface area contributed by atoms with E-state index in [0.29, 0.717) is 28.8 Å². The van der Waals surface area contributed by atoms with Crippen LogP contribution in [0.15, 0.2) is 34.9 Å². The van der Waals surface area contributed by atoms with E-state index in [1.807, 2.05) is 26.8 Å². The Morgan fingerprint density at radius 1 is 1.24 bits per heavy atom. The number of aromatic nitrogens is 2. The first-order valence-corrected chi connectivity index (χ1v) is 10.1. The highest BCUT2D eigenvalue weighted by molar-refractivity contribution is 6.06. The summed E-state index contributed by atoms with van der Waals surface area (Å²) in [5.74, 6) is -0.150. The number of hydrogen-bond donors (Lipinski definition) is 1. The molecule has 29 heavy (non-hydrogen) atoms. The number of carbonyl (C=O) groups is 1. The molecule has 1 atom stereocenters. The number of aryl methyl sites for hydroxylation is 2. The molecular weight excluding hydrogens is 368 g/mol. The third kappa shape index (κ3) is 3.96. The van der Waals surface area contributed by atoms with Gasteiger partial charge in [0.2, 0.25) is 0 Å². The van der Waals surface area contributed by atoms with Crippen LogP contribution in [0.1, 0.15) is 47.2 Å². The van der Waals surface area contributed by atoms with Gasteiger partial charge in [0.15, 0.2) is 0 Å². The van der Waals surface area contributed by atoms with Crippen LogP contribution < -0.4 is 10.2 Å². The van der Waals surface area contributed by atoms with E-state index in [0.717, 1.165) is 37.6 Å². The lowest BCUT2D eigenvalue weighted by atomic mass is 10.0. The Bertz CT molecular complexity index is 1010. The molecule has 2 aromatic heterocycles. The summed E-state index contributed by atoms with van der Waals surface area (Å²) in [6, 6.07) is 10.0. The summed E-state index contributed by atoms with van der Waals surface area (Å²) >= 11 is 0.